The zero-order valence-corrected chi connectivity index (χ0v) is 14.3. The normalized spacial score (nSPS) is 15.3. The molecule has 2 amide bonds. The minimum absolute atomic E-state index is 0.0220. The standard InChI is InChI=1S/C18H27N3O2/c1-13-12-15(5-6-16(13)18(23)21(2)3)20-17(22)7-4-14-8-10-19-11-9-14/h5-6,12,14,19H,4,7-11H2,1-3H3,(H,20,22). The van der Waals surface area contributed by atoms with Crippen LogP contribution < -0.4 is 10.6 Å². The summed E-state index contributed by atoms with van der Waals surface area (Å²) in [5, 5.41) is 6.28. The van der Waals surface area contributed by atoms with E-state index < -0.39 is 0 Å². The first-order valence-electron chi connectivity index (χ1n) is 8.30. The van der Waals surface area contributed by atoms with Crippen LogP contribution in [0, 0.1) is 12.8 Å². The first-order chi connectivity index (χ1) is 11.0. The van der Waals surface area contributed by atoms with Crippen molar-refractivity contribution in [3.63, 3.8) is 0 Å². The Bertz CT molecular complexity index is 563. The number of carbonyl (C=O) groups is 2. The molecular weight excluding hydrogens is 290 g/mol. The third-order valence-electron chi connectivity index (χ3n) is 4.39. The predicted octanol–water partition coefficient (Wildman–Crippen LogP) is 2.42. The van der Waals surface area contributed by atoms with E-state index in [0.717, 1.165) is 43.6 Å². The Morgan fingerprint density at radius 3 is 2.57 bits per heavy atom. The van der Waals surface area contributed by atoms with Crippen molar-refractivity contribution in [1.29, 1.82) is 0 Å². The number of amides is 2. The van der Waals surface area contributed by atoms with Crippen LogP contribution in [-0.2, 0) is 4.79 Å². The van der Waals surface area contributed by atoms with Crippen LogP contribution in [0.15, 0.2) is 18.2 Å². The zero-order valence-electron chi connectivity index (χ0n) is 14.3. The minimum atomic E-state index is -0.0220. The first-order valence-corrected chi connectivity index (χ1v) is 8.30. The number of carbonyl (C=O) groups excluding carboxylic acids is 2. The van der Waals surface area contributed by atoms with Gasteiger partial charge in [0.2, 0.25) is 5.91 Å². The third-order valence-corrected chi connectivity index (χ3v) is 4.39. The summed E-state index contributed by atoms with van der Waals surface area (Å²) in [4.78, 5) is 25.7. The monoisotopic (exact) mass is 317 g/mol. The van der Waals surface area contributed by atoms with Crippen LogP contribution in [0.3, 0.4) is 0 Å². The van der Waals surface area contributed by atoms with Crippen LogP contribution in [0.1, 0.15) is 41.6 Å². The summed E-state index contributed by atoms with van der Waals surface area (Å²) in [6.07, 6.45) is 3.83. The van der Waals surface area contributed by atoms with Crippen molar-refractivity contribution in [2.45, 2.75) is 32.6 Å². The van der Waals surface area contributed by atoms with Crippen molar-refractivity contribution < 1.29 is 9.59 Å². The van der Waals surface area contributed by atoms with Crippen molar-refractivity contribution >= 4 is 17.5 Å². The van der Waals surface area contributed by atoms with Crippen LogP contribution >= 0.6 is 0 Å². The van der Waals surface area contributed by atoms with Gasteiger partial charge in [0.05, 0.1) is 0 Å². The molecule has 0 bridgehead atoms. The Morgan fingerprint density at radius 1 is 1.26 bits per heavy atom. The quantitative estimate of drug-likeness (QED) is 0.877. The van der Waals surface area contributed by atoms with Gasteiger partial charge in [-0.15, -0.1) is 0 Å². The molecule has 1 aliphatic rings. The van der Waals surface area contributed by atoms with E-state index in [1.165, 1.54) is 0 Å². The van der Waals surface area contributed by atoms with Crippen molar-refractivity contribution in [1.82, 2.24) is 10.2 Å². The van der Waals surface area contributed by atoms with Gasteiger partial charge in [-0.1, -0.05) is 0 Å². The number of hydrogen-bond donors (Lipinski definition) is 2. The maximum Gasteiger partial charge on any atom is 0.253 e. The van der Waals surface area contributed by atoms with E-state index in [1.807, 2.05) is 13.0 Å². The summed E-state index contributed by atoms with van der Waals surface area (Å²) in [6, 6.07) is 5.44. The topological polar surface area (TPSA) is 61.4 Å². The van der Waals surface area contributed by atoms with Crippen molar-refractivity contribution in [2.75, 3.05) is 32.5 Å². The predicted molar refractivity (Wildman–Crippen MR) is 92.7 cm³/mol. The average molecular weight is 317 g/mol. The van der Waals surface area contributed by atoms with Crippen LogP contribution in [0.25, 0.3) is 0 Å². The largest absolute Gasteiger partial charge is 0.345 e. The van der Waals surface area contributed by atoms with Gasteiger partial charge in [0.25, 0.3) is 5.91 Å². The van der Waals surface area contributed by atoms with Crippen molar-refractivity contribution in [3.8, 4) is 0 Å². The van der Waals surface area contributed by atoms with E-state index in [-0.39, 0.29) is 11.8 Å². The molecule has 1 aromatic rings. The maximum atomic E-state index is 12.1. The van der Waals surface area contributed by atoms with E-state index in [4.69, 9.17) is 0 Å². The molecule has 0 unspecified atom stereocenters. The fraction of sp³-hybridized carbons (Fsp3) is 0.556. The molecule has 0 saturated carbocycles. The fourth-order valence-corrected chi connectivity index (χ4v) is 2.95. The van der Waals surface area contributed by atoms with Gasteiger partial charge in [-0.25, -0.2) is 0 Å². The molecule has 5 heteroatoms. The molecule has 0 radical (unpaired) electrons. The number of anilines is 1. The summed E-state index contributed by atoms with van der Waals surface area (Å²) >= 11 is 0. The number of nitrogens with zero attached hydrogens (tertiary/aromatic N) is 1. The van der Waals surface area contributed by atoms with Gasteiger partial charge >= 0.3 is 0 Å². The molecule has 1 heterocycles. The summed E-state index contributed by atoms with van der Waals surface area (Å²) < 4.78 is 0. The highest BCUT2D eigenvalue weighted by atomic mass is 16.2. The average Bonchev–Trinajstić information content (AvgIpc) is 2.53. The van der Waals surface area contributed by atoms with Crippen LogP contribution in [0.4, 0.5) is 5.69 Å². The molecule has 0 aliphatic carbocycles. The molecular formula is C18H27N3O2. The van der Waals surface area contributed by atoms with E-state index in [2.05, 4.69) is 10.6 Å². The molecule has 1 fully saturated rings. The lowest BCUT2D eigenvalue weighted by atomic mass is 9.93. The number of hydrogen-bond acceptors (Lipinski definition) is 3. The SMILES string of the molecule is Cc1cc(NC(=O)CCC2CCNCC2)ccc1C(=O)N(C)C. The smallest absolute Gasteiger partial charge is 0.253 e. The van der Waals surface area contributed by atoms with Crippen LogP contribution in [0.5, 0.6) is 0 Å². The Hall–Kier alpha value is -1.88. The second-order valence-electron chi connectivity index (χ2n) is 6.51. The highest BCUT2D eigenvalue weighted by Gasteiger charge is 2.15. The third kappa shape index (κ3) is 5.06. The van der Waals surface area contributed by atoms with Crippen molar-refractivity contribution in [2.24, 2.45) is 5.92 Å². The van der Waals surface area contributed by atoms with E-state index in [9.17, 15) is 9.59 Å². The second kappa shape index (κ2) is 8.11. The molecule has 0 aromatic heterocycles. The van der Waals surface area contributed by atoms with Gasteiger partial charge in [0.15, 0.2) is 0 Å². The van der Waals surface area contributed by atoms with Gasteiger partial charge in [0, 0.05) is 31.8 Å². The Kier molecular flexibility index (Phi) is 6.16. The van der Waals surface area contributed by atoms with E-state index in [0.29, 0.717) is 17.9 Å². The van der Waals surface area contributed by atoms with E-state index in [1.54, 1.807) is 31.1 Å². The molecule has 5 nitrogen and oxygen atoms in total. The summed E-state index contributed by atoms with van der Waals surface area (Å²) in [7, 11) is 3.47. The first kappa shape index (κ1) is 17.5. The number of benzene rings is 1. The lowest BCUT2D eigenvalue weighted by molar-refractivity contribution is -0.116. The van der Waals surface area contributed by atoms with Gasteiger partial charge in [0.1, 0.15) is 0 Å². The molecule has 126 valence electrons. The number of aryl methyl sites for hydroxylation is 1. The van der Waals surface area contributed by atoms with Gasteiger partial charge < -0.3 is 15.5 Å². The molecule has 2 N–H and O–H groups in total. The zero-order chi connectivity index (χ0) is 16.8. The highest BCUT2D eigenvalue weighted by Crippen LogP contribution is 2.20. The molecule has 2 rings (SSSR count). The lowest BCUT2D eigenvalue weighted by Crippen LogP contribution is -2.28. The number of rotatable bonds is 5. The molecule has 1 saturated heterocycles. The minimum Gasteiger partial charge on any atom is -0.345 e. The summed E-state index contributed by atoms with van der Waals surface area (Å²) in [6.45, 7) is 4.01. The molecule has 1 aromatic carbocycles. The Balaban J connectivity index is 1.88. The van der Waals surface area contributed by atoms with Crippen LogP contribution in [0.2, 0.25) is 0 Å². The Labute approximate surface area is 138 Å². The highest BCUT2D eigenvalue weighted by molar-refractivity contribution is 5.97. The van der Waals surface area contributed by atoms with Gasteiger partial charge in [-0.2, -0.15) is 0 Å². The van der Waals surface area contributed by atoms with Gasteiger partial charge in [-0.3, -0.25) is 9.59 Å². The lowest BCUT2D eigenvalue weighted by Gasteiger charge is -2.22. The number of piperidine rings is 1. The molecule has 0 spiro atoms. The number of nitrogens with one attached hydrogen (secondary N) is 2. The fourth-order valence-electron chi connectivity index (χ4n) is 2.95. The molecule has 23 heavy (non-hydrogen) atoms. The van der Waals surface area contributed by atoms with Crippen molar-refractivity contribution in [3.05, 3.63) is 29.3 Å². The molecule has 0 atom stereocenters. The van der Waals surface area contributed by atoms with Gasteiger partial charge in [-0.05, 0) is 69.0 Å². The maximum absolute atomic E-state index is 12.1. The summed E-state index contributed by atoms with van der Waals surface area (Å²) in [5.74, 6) is 0.685. The second-order valence-corrected chi connectivity index (χ2v) is 6.51. The Morgan fingerprint density at radius 2 is 1.96 bits per heavy atom. The summed E-state index contributed by atoms with van der Waals surface area (Å²) in [5.41, 5.74) is 2.30. The molecule has 1 aliphatic heterocycles. The van der Waals surface area contributed by atoms with Crippen LogP contribution in [-0.4, -0.2) is 43.9 Å². The van der Waals surface area contributed by atoms with E-state index >= 15 is 0 Å².